The smallest absolute Gasteiger partial charge is 0.311 e. The molecule has 13 heteroatoms. The average Bonchev–Trinajstić information content (AvgIpc) is 2.84. The number of methoxy groups -OCH3 is 1. The van der Waals surface area contributed by atoms with Crippen LogP contribution in [-0.4, -0.2) is 43.4 Å². The highest BCUT2D eigenvalue weighted by molar-refractivity contribution is 7.89. The molecule has 1 N–H and O–H groups in total. The average molecular weight is 593 g/mol. The van der Waals surface area contributed by atoms with Crippen molar-refractivity contribution in [1.29, 1.82) is 0 Å². The molecule has 3 aromatic rings. The minimum absolute atomic E-state index is 0.0750. The molecule has 0 radical (unpaired) electrons. The molecule has 0 heterocycles. The number of nitrogens with one attached hydrogen (secondary N) is 1. The topological polar surface area (TPSA) is 131 Å². The van der Waals surface area contributed by atoms with E-state index in [1.54, 1.807) is 38.1 Å². The first-order chi connectivity index (χ1) is 18.3. The van der Waals surface area contributed by atoms with Gasteiger partial charge in [0.25, 0.3) is 5.91 Å². The van der Waals surface area contributed by atoms with Crippen LogP contribution >= 0.6 is 23.2 Å². The number of nitrogens with zero attached hydrogens (tertiary/aromatic N) is 3. The summed E-state index contributed by atoms with van der Waals surface area (Å²) >= 11 is 12.1. The molecule has 0 atom stereocenters. The van der Waals surface area contributed by atoms with Gasteiger partial charge in [-0.3, -0.25) is 14.9 Å². The van der Waals surface area contributed by atoms with Gasteiger partial charge in [-0.15, -0.1) is 0 Å². The number of hydrazone groups is 1. The highest BCUT2D eigenvalue weighted by atomic mass is 35.5. The van der Waals surface area contributed by atoms with Crippen LogP contribution in [0.4, 0.5) is 5.69 Å². The van der Waals surface area contributed by atoms with Crippen molar-refractivity contribution < 1.29 is 22.9 Å². The van der Waals surface area contributed by atoms with Gasteiger partial charge in [0.1, 0.15) is 0 Å². The van der Waals surface area contributed by atoms with Gasteiger partial charge >= 0.3 is 5.69 Å². The molecule has 0 fully saturated rings. The molecule has 3 aromatic carbocycles. The fourth-order valence-corrected chi connectivity index (χ4v) is 6.19. The third-order valence-corrected chi connectivity index (χ3v) is 8.50. The Balaban J connectivity index is 1.89. The molecule has 0 aliphatic heterocycles. The van der Waals surface area contributed by atoms with E-state index in [9.17, 15) is 23.3 Å². The number of rotatable bonds is 10. The second-order valence-corrected chi connectivity index (χ2v) is 11.4. The molecular weight excluding hydrogens is 567 g/mol. The number of ether oxygens (including phenoxy) is 1. The summed E-state index contributed by atoms with van der Waals surface area (Å²) in [7, 11) is -2.83. The van der Waals surface area contributed by atoms with Crippen LogP contribution < -0.4 is 10.2 Å². The van der Waals surface area contributed by atoms with Crippen LogP contribution in [0.1, 0.15) is 27.8 Å². The number of amides is 1. The molecule has 0 aliphatic carbocycles. The summed E-state index contributed by atoms with van der Waals surface area (Å²) in [5, 5.41) is 15.6. The summed E-state index contributed by atoms with van der Waals surface area (Å²) in [6.07, 6.45) is 1.20. The molecule has 206 valence electrons. The Bertz CT molecular complexity index is 1540. The van der Waals surface area contributed by atoms with Crippen molar-refractivity contribution in [1.82, 2.24) is 9.73 Å². The minimum Gasteiger partial charge on any atom is -0.490 e. The number of halogens is 2. The van der Waals surface area contributed by atoms with E-state index in [1.807, 2.05) is 6.92 Å². The molecule has 3 rings (SSSR count). The van der Waals surface area contributed by atoms with Gasteiger partial charge in [-0.2, -0.15) is 9.41 Å². The fourth-order valence-electron chi connectivity index (χ4n) is 4.07. The van der Waals surface area contributed by atoms with Gasteiger partial charge in [0, 0.05) is 18.2 Å². The van der Waals surface area contributed by atoms with Gasteiger partial charge in [-0.25, -0.2) is 13.8 Å². The van der Waals surface area contributed by atoms with E-state index in [-0.39, 0.29) is 27.9 Å². The molecule has 1 amide bonds. The van der Waals surface area contributed by atoms with Crippen LogP contribution in [0.2, 0.25) is 10.0 Å². The van der Waals surface area contributed by atoms with Crippen LogP contribution in [-0.2, 0) is 21.4 Å². The third kappa shape index (κ3) is 7.33. The maximum absolute atomic E-state index is 13.8. The zero-order valence-electron chi connectivity index (χ0n) is 21.6. The summed E-state index contributed by atoms with van der Waals surface area (Å²) in [4.78, 5) is 23.6. The summed E-state index contributed by atoms with van der Waals surface area (Å²) in [6, 6.07) is 12.4. The molecule has 0 aliphatic rings. The summed E-state index contributed by atoms with van der Waals surface area (Å²) in [5.41, 5.74) is 4.87. The van der Waals surface area contributed by atoms with Crippen molar-refractivity contribution in [2.24, 2.45) is 5.10 Å². The Hall–Kier alpha value is -3.51. The Labute approximate surface area is 236 Å². The number of aryl methyl sites for hydroxylation is 3. The lowest BCUT2D eigenvalue weighted by molar-refractivity contribution is -0.385. The third-order valence-electron chi connectivity index (χ3n) is 5.67. The number of nitro benzene ring substituents is 1. The summed E-state index contributed by atoms with van der Waals surface area (Å²) < 4.78 is 33.6. The zero-order chi connectivity index (χ0) is 28.9. The predicted molar refractivity (Wildman–Crippen MR) is 150 cm³/mol. The Morgan fingerprint density at radius 2 is 1.74 bits per heavy atom. The second kappa shape index (κ2) is 12.6. The molecule has 10 nitrogen and oxygen atoms in total. The van der Waals surface area contributed by atoms with Gasteiger partial charge in [-0.1, -0.05) is 47.0 Å². The van der Waals surface area contributed by atoms with Gasteiger partial charge in [0.05, 0.1) is 39.7 Å². The van der Waals surface area contributed by atoms with Crippen LogP contribution in [0.5, 0.6) is 5.75 Å². The monoisotopic (exact) mass is 592 g/mol. The van der Waals surface area contributed by atoms with Gasteiger partial charge < -0.3 is 4.74 Å². The van der Waals surface area contributed by atoms with E-state index in [0.717, 1.165) is 9.87 Å². The van der Waals surface area contributed by atoms with Crippen molar-refractivity contribution >= 4 is 51.0 Å². The highest BCUT2D eigenvalue weighted by Gasteiger charge is 2.30. The Morgan fingerprint density at radius 1 is 1.08 bits per heavy atom. The van der Waals surface area contributed by atoms with Crippen molar-refractivity contribution in [2.45, 2.75) is 32.2 Å². The summed E-state index contributed by atoms with van der Waals surface area (Å²) in [6.45, 7) is 4.54. The van der Waals surface area contributed by atoms with Crippen molar-refractivity contribution in [2.75, 3.05) is 13.7 Å². The van der Waals surface area contributed by atoms with Crippen molar-refractivity contribution in [3.8, 4) is 5.75 Å². The van der Waals surface area contributed by atoms with Crippen LogP contribution in [0, 0.1) is 30.9 Å². The second-order valence-electron chi connectivity index (χ2n) is 8.73. The van der Waals surface area contributed by atoms with Crippen LogP contribution in [0.3, 0.4) is 0 Å². The van der Waals surface area contributed by atoms with Crippen LogP contribution in [0.25, 0.3) is 0 Å². The Morgan fingerprint density at radius 3 is 2.33 bits per heavy atom. The lowest BCUT2D eigenvalue weighted by Gasteiger charge is -2.24. The number of carbonyl (C=O) groups excluding carboxylic acids is 1. The van der Waals surface area contributed by atoms with Gasteiger partial charge in [0.15, 0.2) is 5.75 Å². The number of benzene rings is 3. The lowest BCUT2D eigenvalue weighted by Crippen LogP contribution is -2.39. The molecule has 0 spiro atoms. The van der Waals surface area contributed by atoms with E-state index in [2.05, 4.69) is 10.5 Å². The summed E-state index contributed by atoms with van der Waals surface area (Å²) in [5.74, 6) is -0.647. The molecule has 39 heavy (non-hydrogen) atoms. The van der Waals surface area contributed by atoms with Crippen LogP contribution in [0.15, 0.2) is 58.5 Å². The molecule has 0 saturated heterocycles. The number of nitro groups is 1. The molecular formula is C26H26Cl2N4O6S. The number of hydrogen-bond acceptors (Lipinski definition) is 7. The quantitative estimate of drug-likeness (QED) is 0.196. The fraction of sp³-hybridized carbons (Fsp3) is 0.231. The largest absolute Gasteiger partial charge is 0.490 e. The van der Waals surface area contributed by atoms with E-state index < -0.39 is 27.4 Å². The van der Waals surface area contributed by atoms with E-state index in [1.165, 1.54) is 37.6 Å². The molecule has 0 aromatic heterocycles. The first-order valence-corrected chi connectivity index (χ1v) is 13.7. The minimum atomic E-state index is -4.14. The van der Waals surface area contributed by atoms with E-state index in [4.69, 9.17) is 27.9 Å². The zero-order valence-corrected chi connectivity index (χ0v) is 23.9. The number of sulfonamides is 1. The van der Waals surface area contributed by atoms with E-state index >= 15 is 0 Å². The van der Waals surface area contributed by atoms with E-state index in [0.29, 0.717) is 27.3 Å². The normalized spacial score (nSPS) is 11.7. The molecule has 0 bridgehead atoms. The lowest BCUT2D eigenvalue weighted by atomic mass is 10.1. The maximum Gasteiger partial charge on any atom is 0.311 e. The number of carbonyl (C=O) groups is 1. The highest BCUT2D eigenvalue weighted by Crippen LogP contribution is 2.29. The van der Waals surface area contributed by atoms with Crippen molar-refractivity contribution in [3.05, 3.63) is 96.5 Å². The van der Waals surface area contributed by atoms with Gasteiger partial charge in [0.2, 0.25) is 10.0 Å². The predicted octanol–water partition coefficient (Wildman–Crippen LogP) is 5.18. The maximum atomic E-state index is 13.8. The SMILES string of the molecule is COc1ccc(/C=N/NC(=O)CN(Cc2ccc(Cl)c(Cl)c2)S(=O)(=O)c2c(C)cc(C)cc2C)cc1[N+](=O)[O-]. The molecule has 0 saturated carbocycles. The van der Waals surface area contributed by atoms with Gasteiger partial charge in [-0.05, 0) is 61.7 Å². The number of hydrogen-bond donors (Lipinski definition) is 1. The standard InChI is InChI=1S/C26H26Cl2N4O6S/c1-16-9-17(2)26(18(3)10-16)39(36,37)31(14-20-5-7-21(27)22(28)11-20)15-25(33)30-29-13-19-6-8-24(38-4)23(12-19)32(34)35/h5-13H,14-15H2,1-4H3,(H,30,33)/b29-13+. The first kappa shape index (κ1) is 30.0. The Kier molecular flexibility index (Phi) is 9.68. The van der Waals surface area contributed by atoms with Crippen molar-refractivity contribution in [3.63, 3.8) is 0 Å². The molecule has 0 unspecified atom stereocenters. The first-order valence-electron chi connectivity index (χ1n) is 11.5.